The lowest BCUT2D eigenvalue weighted by atomic mass is 10.2. The monoisotopic (exact) mass is 405 g/mol. The van der Waals surface area contributed by atoms with Crippen molar-refractivity contribution in [2.24, 2.45) is 0 Å². The predicted octanol–water partition coefficient (Wildman–Crippen LogP) is 1.80. The fourth-order valence-corrected chi connectivity index (χ4v) is 4.45. The van der Waals surface area contributed by atoms with Gasteiger partial charge in [0.1, 0.15) is 16.4 Å². The van der Waals surface area contributed by atoms with Crippen LogP contribution in [0.3, 0.4) is 0 Å². The molecule has 7 nitrogen and oxygen atoms in total. The molecule has 0 saturated carbocycles. The van der Waals surface area contributed by atoms with E-state index in [-0.39, 0.29) is 10.6 Å². The van der Waals surface area contributed by atoms with E-state index >= 15 is 0 Å². The molecule has 0 radical (unpaired) electrons. The molecule has 2 aromatic rings. The van der Waals surface area contributed by atoms with Crippen molar-refractivity contribution in [1.29, 1.82) is 0 Å². The number of ether oxygens (including phenoxy) is 2. The first kappa shape index (κ1) is 20.4. The summed E-state index contributed by atoms with van der Waals surface area (Å²) in [5.74, 6) is 0.815. The smallest absolute Gasteiger partial charge is 0.244 e. The number of piperazine rings is 1. The summed E-state index contributed by atoms with van der Waals surface area (Å²) in [6, 6.07) is 15.0. The molecule has 1 fully saturated rings. The molecule has 0 aliphatic carbocycles. The van der Waals surface area contributed by atoms with Gasteiger partial charge in [0.2, 0.25) is 10.0 Å². The van der Waals surface area contributed by atoms with E-state index in [1.165, 1.54) is 26.0 Å². The van der Waals surface area contributed by atoms with E-state index in [0.717, 1.165) is 26.2 Å². The number of nitrogens with one attached hydrogen (secondary N) is 1. The molecule has 0 atom stereocenters. The van der Waals surface area contributed by atoms with Gasteiger partial charge in [-0.1, -0.05) is 18.2 Å². The van der Waals surface area contributed by atoms with Crippen LogP contribution in [0.5, 0.6) is 11.5 Å². The minimum Gasteiger partial charge on any atom is -0.497 e. The third-order valence-corrected chi connectivity index (χ3v) is 6.37. The van der Waals surface area contributed by atoms with Gasteiger partial charge in [-0.15, -0.1) is 0 Å². The standard InChI is InChI=1S/C20H27N3O4S/c1-26-18-8-9-20(19(16-18)27-2)28(24,25)21-10-11-22-12-14-23(15-13-22)17-6-4-3-5-7-17/h3-9,16,21H,10-15H2,1-2H3. The number of para-hydroxylation sites is 1. The second-order valence-corrected chi connectivity index (χ2v) is 8.31. The van der Waals surface area contributed by atoms with Crippen LogP contribution in [0.25, 0.3) is 0 Å². The maximum absolute atomic E-state index is 12.6. The Morgan fingerprint density at radius 3 is 2.32 bits per heavy atom. The van der Waals surface area contributed by atoms with Gasteiger partial charge in [0.25, 0.3) is 0 Å². The van der Waals surface area contributed by atoms with Crippen molar-refractivity contribution in [3.8, 4) is 11.5 Å². The molecule has 8 heteroatoms. The van der Waals surface area contributed by atoms with Crippen LogP contribution < -0.4 is 19.1 Å². The Balaban J connectivity index is 1.51. The van der Waals surface area contributed by atoms with Crippen molar-refractivity contribution < 1.29 is 17.9 Å². The van der Waals surface area contributed by atoms with Crippen LogP contribution in [0.1, 0.15) is 0 Å². The number of sulfonamides is 1. The zero-order valence-corrected chi connectivity index (χ0v) is 17.1. The largest absolute Gasteiger partial charge is 0.497 e. The molecule has 1 N–H and O–H groups in total. The van der Waals surface area contributed by atoms with E-state index in [1.54, 1.807) is 12.1 Å². The Morgan fingerprint density at radius 2 is 1.68 bits per heavy atom. The number of hydrogen-bond donors (Lipinski definition) is 1. The summed E-state index contributed by atoms with van der Waals surface area (Å²) >= 11 is 0. The van der Waals surface area contributed by atoms with Crippen LogP contribution >= 0.6 is 0 Å². The zero-order valence-electron chi connectivity index (χ0n) is 16.3. The Kier molecular flexibility index (Phi) is 6.77. The van der Waals surface area contributed by atoms with Crippen LogP contribution in [-0.2, 0) is 10.0 Å². The molecular formula is C20H27N3O4S. The van der Waals surface area contributed by atoms with E-state index in [1.807, 2.05) is 18.2 Å². The first-order valence-electron chi connectivity index (χ1n) is 9.27. The van der Waals surface area contributed by atoms with Gasteiger partial charge in [0.15, 0.2) is 0 Å². The van der Waals surface area contributed by atoms with E-state index in [0.29, 0.717) is 18.8 Å². The minimum absolute atomic E-state index is 0.115. The van der Waals surface area contributed by atoms with Crippen molar-refractivity contribution in [2.45, 2.75) is 4.90 Å². The molecule has 1 aliphatic rings. The highest BCUT2D eigenvalue weighted by atomic mass is 32.2. The van der Waals surface area contributed by atoms with Crippen molar-refractivity contribution in [1.82, 2.24) is 9.62 Å². The maximum Gasteiger partial charge on any atom is 0.244 e. The van der Waals surface area contributed by atoms with Crippen LogP contribution in [0.4, 0.5) is 5.69 Å². The molecule has 3 rings (SSSR count). The topological polar surface area (TPSA) is 71.1 Å². The number of rotatable bonds is 8. The summed E-state index contributed by atoms with van der Waals surface area (Å²) in [7, 11) is -0.679. The van der Waals surface area contributed by atoms with Gasteiger partial charge >= 0.3 is 0 Å². The fraction of sp³-hybridized carbons (Fsp3) is 0.400. The Morgan fingerprint density at radius 1 is 0.964 bits per heavy atom. The molecule has 0 unspecified atom stereocenters. The first-order chi connectivity index (χ1) is 13.5. The number of nitrogens with zero attached hydrogens (tertiary/aromatic N) is 2. The summed E-state index contributed by atoms with van der Waals surface area (Å²) in [5.41, 5.74) is 1.23. The third kappa shape index (κ3) is 4.95. The second-order valence-electron chi connectivity index (χ2n) is 6.58. The molecule has 0 aromatic heterocycles. The fourth-order valence-electron chi connectivity index (χ4n) is 3.28. The van der Waals surface area contributed by atoms with Crippen molar-refractivity contribution in [2.75, 3.05) is 58.4 Å². The van der Waals surface area contributed by atoms with Crippen LogP contribution in [0.15, 0.2) is 53.4 Å². The summed E-state index contributed by atoms with van der Waals surface area (Å²) in [6.45, 7) is 4.69. The summed E-state index contributed by atoms with van der Waals surface area (Å²) in [4.78, 5) is 4.74. The van der Waals surface area contributed by atoms with Crippen LogP contribution in [-0.4, -0.2) is 66.8 Å². The molecular weight excluding hydrogens is 378 g/mol. The predicted molar refractivity (Wildman–Crippen MR) is 110 cm³/mol. The van der Waals surface area contributed by atoms with E-state index in [9.17, 15) is 8.42 Å². The first-order valence-corrected chi connectivity index (χ1v) is 10.8. The molecule has 152 valence electrons. The van der Waals surface area contributed by atoms with Crippen molar-refractivity contribution in [3.63, 3.8) is 0 Å². The summed E-state index contributed by atoms with van der Waals surface area (Å²) < 4.78 is 38.3. The normalized spacial score (nSPS) is 15.4. The number of hydrogen-bond acceptors (Lipinski definition) is 6. The van der Waals surface area contributed by atoms with E-state index in [2.05, 4.69) is 26.7 Å². The molecule has 1 heterocycles. The van der Waals surface area contributed by atoms with E-state index < -0.39 is 10.0 Å². The molecule has 1 saturated heterocycles. The summed E-state index contributed by atoms with van der Waals surface area (Å²) in [6.07, 6.45) is 0. The molecule has 0 spiro atoms. The van der Waals surface area contributed by atoms with Crippen molar-refractivity contribution in [3.05, 3.63) is 48.5 Å². The number of benzene rings is 2. The molecule has 2 aromatic carbocycles. The highest BCUT2D eigenvalue weighted by molar-refractivity contribution is 7.89. The highest BCUT2D eigenvalue weighted by Crippen LogP contribution is 2.28. The minimum atomic E-state index is -3.65. The van der Waals surface area contributed by atoms with Crippen LogP contribution in [0.2, 0.25) is 0 Å². The van der Waals surface area contributed by atoms with E-state index in [4.69, 9.17) is 9.47 Å². The molecule has 0 bridgehead atoms. The van der Waals surface area contributed by atoms with Gasteiger partial charge in [-0.3, -0.25) is 4.90 Å². The lowest BCUT2D eigenvalue weighted by Crippen LogP contribution is -2.48. The average Bonchev–Trinajstić information content (AvgIpc) is 2.74. The van der Waals surface area contributed by atoms with Gasteiger partial charge in [-0.25, -0.2) is 13.1 Å². The highest BCUT2D eigenvalue weighted by Gasteiger charge is 2.21. The van der Waals surface area contributed by atoms with Gasteiger partial charge < -0.3 is 14.4 Å². The Hall–Kier alpha value is -2.29. The Labute approximate surface area is 166 Å². The number of anilines is 1. The van der Waals surface area contributed by atoms with Gasteiger partial charge in [0.05, 0.1) is 14.2 Å². The lowest BCUT2D eigenvalue weighted by Gasteiger charge is -2.36. The molecule has 0 amide bonds. The second kappa shape index (κ2) is 9.27. The average molecular weight is 406 g/mol. The summed E-state index contributed by atoms with van der Waals surface area (Å²) in [5, 5.41) is 0. The molecule has 1 aliphatic heterocycles. The van der Waals surface area contributed by atoms with Gasteiger partial charge in [-0.05, 0) is 24.3 Å². The lowest BCUT2D eigenvalue weighted by molar-refractivity contribution is 0.262. The number of methoxy groups -OCH3 is 2. The quantitative estimate of drug-likeness (QED) is 0.722. The Bertz CT molecular complexity index is 866. The zero-order chi connectivity index (χ0) is 20.0. The molecule has 28 heavy (non-hydrogen) atoms. The van der Waals surface area contributed by atoms with Gasteiger partial charge in [0, 0.05) is 51.0 Å². The van der Waals surface area contributed by atoms with Crippen molar-refractivity contribution >= 4 is 15.7 Å². The third-order valence-electron chi connectivity index (χ3n) is 4.87. The SMILES string of the molecule is COc1ccc(S(=O)(=O)NCCN2CCN(c3ccccc3)CC2)c(OC)c1. The van der Waals surface area contributed by atoms with Crippen LogP contribution in [0, 0.1) is 0 Å². The van der Waals surface area contributed by atoms with Gasteiger partial charge in [-0.2, -0.15) is 0 Å². The maximum atomic E-state index is 12.6.